The Bertz CT molecular complexity index is 380. The van der Waals surface area contributed by atoms with Gasteiger partial charge >= 0.3 is 0 Å². The summed E-state index contributed by atoms with van der Waals surface area (Å²) in [6, 6.07) is 1.15. The van der Waals surface area contributed by atoms with Crippen molar-refractivity contribution in [1.82, 2.24) is 9.99 Å². The fourth-order valence-electron chi connectivity index (χ4n) is 1.43. The van der Waals surface area contributed by atoms with Crippen LogP contribution in [0.15, 0.2) is 23.6 Å². The number of carbonyl (C=O) groups is 1. The number of pyridine rings is 1. The molecule has 1 aromatic heterocycles. The maximum Gasteiger partial charge on any atom is 0.230 e. The van der Waals surface area contributed by atoms with E-state index in [0.29, 0.717) is 18.4 Å². The lowest BCUT2D eigenvalue weighted by Crippen LogP contribution is -2.17. The Hall–Kier alpha value is -1.78. The second-order valence-electron chi connectivity index (χ2n) is 2.97. The lowest BCUT2D eigenvalue weighted by Gasteiger charge is -2.16. The van der Waals surface area contributed by atoms with E-state index in [9.17, 15) is 9.18 Å². The summed E-state index contributed by atoms with van der Waals surface area (Å²) in [5.41, 5.74) is 0.662. The van der Waals surface area contributed by atoms with Gasteiger partial charge in [0, 0.05) is 18.8 Å². The summed E-state index contributed by atoms with van der Waals surface area (Å²) in [5.74, 6) is -0.403. The second kappa shape index (κ2) is 3.53. The van der Waals surface area contributed by atoms with Crippen molar-refractivity contribution in [3.8, 4) is 0 Å². The summed E-state index contributed by atoms with van der Waals surface area (Å²) in [6.07, 6.45) is 5.52. The van der Waals surface area contributed by atoms with Gasteiger partial charge in [-0.15, -0.1) is 0 Å². The van der Waals surface area contributed by atoms with Gasteiger partial charge in [0.15, 0.2) is 0 Å². The van der Waals surface area contributed by atoms with Crippen LogP contribution in [0.5, 0.6) is 0 Å². The molecule has 2 heterocycles. The van der Waals surface area contributed by atoms with Crippen LogP contribution in [-0.2, 0) is 4.79 Å². The number of carbonyl (C=O) groups excluding carboxylic acids is 1. The minimum Gasteiger partial charge on any atom is -0.277 e. The molecule has 0 bridgehead atoms. The first-order chi connectivity index (χ1) is 6.81. The standard InChI is InChI=1S/C9H8FN3O/c10-8-3-7(4-11-5-8)9-1-2-12-13(9)6-14/h2-6,9H,1H2. The molecule has 0 N–H and O–H groups in total. The van der Waals surface area contributed by atoms with Crippen molar-refractivity contribution in [2.45, 2.75) is 12.5 Å². The number of rotatable bonds is 2. The Morgan fingerprint density at radius 3 is 3.14 bits per heavy atom. The van der Waals surface area contributed by atoms with E-state index in [2.05, 4.69) is 10.1 Å². The van der Waals surface area contributed by atoms with Gasteiger partial charge in [0.25, 0.3) is 0 Å². The second-order valence-corrected chi connectivity index (χ2v) is 2.97. The molecule has 0 saturated carbocycles. The molecule has 14 heavy (non-hydrogen) atoms. The summed E-state index contributed by atoms with van der Waals surface area (Å²) in [5, 5.41) is 5.09. The molecular formula is C9H8FN3O. The Morgan fingerprint density at radius 1 is 1.57 bits per heavy atom. The quantitative estimate of drug-likeness (QED) is 0.660. The van der Waals surface area contributed by atoms with Crippen LogP contribution in [0.2, 0.25) is 0 Å². The van der Waals surface area contributed by atoms with E-state index in [0.717, 1.165) is 6.20 Å². The predicted molar refractivity (Wildman–Crippen MR) is 47.9 cm³/mol. The number of amides is 1. The largest absolute Gasteiger partial charge is 0.277 e. The topological polar surface area (TPSA) is 45.6 Å². The van der Waals surface area contributed by atoms with E-state index in [1.807, 2.05) is 0 Å². The first-order valence-corrected chi connectivity index (χ1v) is 4.18. The van der Waals surface area contributed by atoms with Gasteiger partial charge < -0.3 is 0 Å². The fourth-order valence-corrected chi connectivity index (χ4v) is 1.43. The van der Waals surface area contributed by atoms with E-state index in [-0.39, 0.29) is 6.04 Å². The highest BCUT2D eigenvalue weighted by atomic mass is 19.1. The summed E-state index contributed by atoms with van der Waals surface area (Å²) >= 11 is 0. The summed E-state index contributed by atoms with van der Waals surface area (Å²) < 4.78 is 12.8. The predicted octanol–water partition coefficient (Wildman–Crippen LogP) is 1.11. The van der Waals surface area contributed by atoms with Gasteiger partial charge in [0.1, 0.15) is 5.82 Å². The Balaban J connectivity index is 2.27. The molecule has 72 valence electrons. The molecule has 1 aliphatic rings. The van der Waals surface area contributed by atoms with Crippen LogP contribution in [-0.4, -0.2) is 22.6 Å². The number of halogens is 1. The van der Waals surface area contributed by atoms with Crippen molar-refractivity contribution in [2.75, 3.05) is 0 Å². The third-order valence-corrected chi connectivity index (χ3v) is 2.08. The first-order valence-electron chi connectivity index (χ1n) is 4.18. The van der Waals surface area contributed by atoms with E-state index in [1.54, 1.807) is 12.4 Å². The van der Waals surface area contributed by atoms with Crippen LogP contribution in [0.1, 0.15) is 18.0 Å². The van der Waals surface area contributed by atoms with Crippen LogP contribution in [0.25, 0.3) is 0 Å². The van der Waals surface area contributed by atoms with E-state index in [4.69, 9.17) is 0 Å². The van der Waals surface area contributed by atoms with Crippen LogP contribution in [0, 0.1) is 5.82 Å². The zero-order valence-electron chi connectivity index (χ0n) is 7.30. The maximum atomic E-state index is 12.8. The molecule has 2 rings (SSSR count). The zero-order valence-corrected chi connectivity index (χ0v) is 7.30. The van der Waals surface area contributed by atoms with Gasteiger partial charge in [-0.1, -0.05) is 0 Å². The van der Waals surface area contributed by atoms with Crippen molar-refractivity contribution < 1.29 is 9.18 Å². The average Bonchev–Trinajstić information content (AvgIpc) is 2.65. The number of aromatic nitrogens is 1. The third kappa shape index (κ3) is 1.48. The van der Waals surface area contributed by atoms with Gasteiger partial charge in [-0.3, -0.25) is 9.78 Å². The smallest absolute Gasteiger partial charge is 0.230 e. The van der Waals surface area contributed by atoms with Gasteiger partial charge in [-0.25, -0.2) is 9.40 Å². The molecule has 0 aromatic carbocycles. The zero-order chi connectivity index (χ0) is 9.97. The third-order valence-electron chi connectivity index (χ3n) is 2.08. The Kier molecular flexibility index (Phi) is 2.22. The van der Waals surface area contributed by atoms with E-state index >= 15 is 0 Å². The number of hydrogen-bond donors (Lipinski definition) is 0. The molecule has 1 atom stereocenters. The van der Waals surface area contributed by atoms with Crippen molar-refractivity contribution in [3.05, 3.63) is 29.8 Å². The fraction of sp³-hybridized carbons (Fsp3) is 0.222. The Labute approximate surface area is 80.1 Å². The van der Waals surface area contributed by atoms with Gasteiger partial charge in [0.2, 0.25) is 6.41 Å². The lowest BCUT2D eigenvalue weighted by atomic mass is 10.1. The van der Waals surface area contributed by atoms with E-state index < -0.39 is 5.82 Å². The molecular weight excluding hydrogens is 185 g/mol. The van der Waals surface area contributed by atoms with Crippen molar-refractivity contribution >= 4 is 12.6 Å². The van der Waals surface area contributed by atoms with Crippen LogP contribution in [0.3, 0.4) is 0 Å². The monoisotopic (exact) mass is 193 g/mol. The minimum absolute atomic E-state index is 0.212. The molecule has 0 radical (unpaired) electrons. The normalized spacial score (nSPS) is 20.1. The maximum absolute atomic E-state index is 12.8. The molecule has 5 heteroatoms. The number of hydrogen-bond acceptors (Lipinski definition) is 3. The molecule has 1 unspecified atom stereocenters. The molecule has 0 saturated heterocycles. The van der Waals surface area contributed by atoms with Crippen molar-refractivity contribution in [1.29, 1.82) is 0 Å². The number of nitrogens with zero attached hydrogens (tertiary/aromatic N) is 3. The van der Waals surface area contributed by atoms with Gasteiger partial charge in [-0.05, 0) is 11.6 Å². The van der Waals surface area contributed by atoms with Crippen LogP contribution >= 0.6 is 0 Å². The molecule has 0 aliphatic carbocycles. The summed E-state index contributed by atoms with van der Waals surface area (Å²) in [7, 11) is 0. The highest BCUT2D eigenvalue weighted by molar-refractivity contribution is 5.65. The molecule has 0 spiro atoms. The lowest BCUT2D eigenvalue weighted by molar-refractivity contribution is -0.119. The first kappa shape index (κ1) is 8.80. The van der Waals surface area contributed by atoms with E-state index in [1.165, 1.54) is 11.1 Å². The van der Waals surface area contributed by atoms with Gasteiger partial charge in [0.05, 0.1) is 12.2 Å². The van der Waals surface area contributed by atoms with Gasteiger partial charge in [-0.2, -0.15) is 5.10 Å². The minimum atomic E-state index is -0.403. The van der Waals surface area contributed by atoms with Crippen LogP contribution < -0.4 is 0 Å². The SMILES string of the molecule is O=CN1N=CCC1c1cncc(F)c1. The summed E-state index contributed by atoms with van der Waals surface area (Å²) in [4.78, 5) is 14.3. The molecule has 1 aromatic rings. The summed E-state index contributed by atoms with van der Waals surface area (Å²) in [6.45, 7) is 0. The molecule has 1 amide bonds. The Morgan fingerprint density at radius 2 is 2.43 bits per heavy atom. The van der Waals surface area contributed by atoms with Crippen molar-refractivity contribution in [2.24, 2.45) is 5.10 Å². The number of hydrazone groups is 1. The average molecular weight is 193 g/mol. The van der Waals surface area contributed by atoms with Crippen LogP contribution in [0.4, 0.5) is 4.39 Å². The highest BCUT2D eigenvalue weighted by Gasteiger charge is 2.22. The van der Waals surface area contributed by atoms with Crippen molar-refractivity contribution in [3.63, 3.8) is 0 Å². The molecule has 4 nitrogen and oxygen atoms in total. The highest BCUT2D eigenvalue weighted by Crippen LogP contribution is 2.25. The molecule has 0 fully saturated rings. The molecule has 1 aliphatic heterocycles.